The Morgan fingerprint density at radius 2 is 1.97 bits per heavy atom. The van der Waals surface area contributed by atoms with Crippen LogP contribution in [0.15, 0.2) is 11.7 Å². The number of nitrogens with one attached hydrogen (secondary N) is 3. The molecule has 0 bridgehead atoms. The highest BCUT2D eigenvalue weighted by Gasteiger charge is 2.46. The van der Waals surface area contributed by atoms with E-state index in [1.807, 2.05) is 5.38 Å². The number of ether oxygens (including phenoxy) is 1. The summed E-state index contributed by atoms with van der Waals surface area (Å²) in [7, 11) is 0. The van der Waals surface area contributed by atoms with Gasteiger partial charge in [0.25, 0.3) is 5.91 Å². The summed E-state index contributed by atoms with van der Waals surface area (Å²) >= 11 is 1.52. The number of carbonyl (C=O) groups excluding carboxylic acids is 2. The summed E-state index contributed by atoms with van der Waals surface area (Å²) in [6.45, 7) is 2.60. The Morgan fingerprint density at radius 1 is 1.17 bits per heavy atom. The molecule has 1 atom stereocenters. The Hall–Kier alpha value is -1.97. The molecule has 166 valence electrons. The van der Waals surface area contributed by atoms with Crippen LogP contribution in [0.5, 0.6) is 0 Å². The van der Waals surface area contributed by atoms with Crippen molar-refractivity contribution in [1.29, 1.82) is 0 Å². The van der Waals surface area contributed by atoms with E-state index in [1.165, 1.54) is 11.3 Å². The summed E-state index contributed by atoms with van der Waals surface area (Å²) in [5.74, 6) is 0.0211. The van der Waals surface area contributed by atoms with Crippen molar-refractivity contribution in [3.63, 3.8) is 0 Å². The minimum Gasteiger partial charge on any atom is -0.359 e. The van der Waals surface area contributed by atoms with Crippen LogP contribution in [0, 0.1) is 0 Å². The highest BCUT2D eigenvalue weighted by Crippen LogP contribution is 2.42. The third kappa shape index (κ3) is 5.59. The number of nitrogens with two attached hydrogens (primary N) is 1. The van der Waals surface area contributed by atoms with Crippen LogP contribution in [0.25, 0.3) is 11.0 Å². The van der Waals surface area contributed by atoms with Crippen molar-refractivity contribution in [2.45, 2.75) is 63.4 Å². The van der Waals surface area contributed by atoms with Crippen molar-refractivity contribution in [3.05, 3.63) is 16.6 Å². The molecule has 0 spiro atoms. The molecule has 1 fully saturated rings. The first-order valence-corrected chi connectivity index (χ1v) is 11.9. The van der Waals surface area contributed by atoms with Crippen LogP contribution in [0.3, 0.4) is 0 Å². The standard InChI is InChI=1S/C21H33N5O3S/c22-10-4-2-6-11-23-17(27)8-3-1-5-12-24-20(28)21(9-7-13-29-21)19-18-16(14-30-19)25-15-26-18/h14-15H,1-13,22H2,(H,23,27)(H,24,28)(H,25,26). The molecule has 1 saturated heterocycles. The monoisotopic (exact) mass is 435 g/mol. The fourth-order valence-corrected chi connectivity index (χ4v) is 4.96. The van der Waals surface area contributed by atoms with E-state index in [-0.39, 0.29) is 11.8 Å². The molecule has 0 radical (unpaired) electrons. The molecule has 9 heteroatoms. The molecule has 2 aromatic rings. The highest BCUT2D eigenvalue weighted by molar-refractivity contribution is 7.11. The van der Waals surface area contributed by atoms with Crippen LogP contribution in [-0.4, -0.2) is 48.0 Å². The number of hydrogen-bond acceptors (Lipinski definition) is 6. The first-order chi connectivity index (χ1) is 14.7. The molecule has 2 amide bonds. The number of carbonyl (C=O) groups is 2. The van der Waals surface area contributed by atoms with Crippen molar-refractivity contribution in [2.24, 2.45) is 5.73 Å². The summed E-state index contributed by atoms with van der Waals surface area (Å²) < 4.78 is 5.98. The van der Waals surface area contributed by atoms with E-state index < -0.39 is 5.60 Å². The van der Waals surface area contributed by atoms with Gasteiger partial charge in [-0.2, -0.15) is 0 Å². The minimum atomic E-state index is -0.925. The van der Waals surface area contributed by atoms with Gasteiger partial charge in [0.1, 0.15) is 5.52 Å². The van der Waals surface area contributed by atoms with Gasteiger partial charge in [0, 0.05) is 31.5 Å². The number of hydrogen-bond donors (Lipinski definition) is 4. The van der Waals surface area contributed by atoms with E-state index in [9.17, 15) is 9.59 Å². The molecule has 1 aliphatic heterocycles. The molecule has 1 aliphatic rings. The second-order valence-electron chi connectivity index (χ2n) is 7.77. The second kappa shape index (κ2) is 11.4. The lowest BCUT2D eigenvalue weighted by molar-refractivity contribution is -0.142. The molecule has 5 N–H and O–H groups in total. The predicted molar refractivity (Wildman–Crippen MR) is 118 cm³/mol. The van der Waals surface area contributed by atoms with Crippen molar-refractivity contribution in [2.75, 3.05) is 26.2 Å². The number of unbranched alkanes of at least 4 members (excludes halogenated alkanes) is 4. The van der Waals surface area contributed by atoms with Crippen molar-refractivity contribution < 1.29 is 14.3 Å². The Balaban J connectivity index is 1.36. The molecule has 3 rings (SSSR count). The van der Waals surface area contributed by atoms with E-state index >= 15 is 0 Å². The largest absolute Gasteiger partial charge is 0.359 e. The number of H-pyrrole nitrogens is 1. The summed E-state index contributed by atoms with van der Waals surface area (Å²) in [5, 5.41) is 7.98. The highest BCUT2D eigenvalue weighted by atomic mass is 32.1. The van der Waals surface area contributed by atoms with Crippen molar-refractivity contribution in [1.82, 2.24) is 20.6 Å². The number of aromatic nitrogens is 2. The van der Waals surface area contributed by atoms with Gasteiger partial charge >= 0.3 is 0 Å². The summed E-state index contributed by atoms with van der Waals surface area (Å²) in [5.41, 5.74) is 6.30. The van der Waals surface area contributed by atoms with Gasteiger partial charge in [-0.3, -0.25) is 9.59 Å². The van der Waals surface area contributed by atoms with Gasteiger partial charge in [-0.1, -0.05) is 12.8 Å². The van der Waals surface area contributed by atoms with Crippen molar-refractivity contribution >= 4 is 34.2 Å². The summed E-state index contributed by atoms with van der Waals surface area (Å²) in [6, 6.07) is 0. The minimum absolute atomic E-state index is 0.0815. The number of thiophene rings is 1. The zero-order valence-corrected chi connectivity index (χ0v) is 18.3. The van der Waals surface area contributed by atoms with E-state index in [2.05, 4.69) is 20.6 Å². The second-order valence-corrected chi connectivity index (χ2v) is 8.65. The lowest BCUT2D eigenvalue weighted by Crippen LogP contribution is -2.44. The van der Waals surface area contributed by atoms with Gasteiger partial charge in [0.05, 0.1) is 16.7 Å². The maximum Gasteiger partial charge on any atom is 0.257 e. The smallest absolute Gasteiger partial charge is 0.257 e. The maximum absolute atomic E-state index is 13.0. The van der Waals surface area contributed by atoms with Crippen molar-refractivity contribution in [3.8, 4) is 0 Å². The average Bonchev–Trinajstić information content (AvgIpc) is 3.47. The number of imidazole rings is 1. The average molecular weight is 436 g/mol. The van der Waals surface area contributed by atoms with Gasteiger partial charge in [-0.05, 0) is 45.1 Å². The third-order valence-corrected chi connectivity index (χ3v) is 6.62. The van der Waals surface area contributed by atoms with Crippen LogP contribution in [-0.2, 0) is 19.9 Å². The van der Waals surface area contributed by atoms with Crippen LogP contribution in [0.1, 0.15) is 62.7 Å². The zero-order valence-electron chi connectivity index (χ0n) is 17.5. The van der Waals surface area contributed by atoms with Gasteiger partial charge in [0.2, 0.25) is 5.91 Å². The third-order valence-electron chi connectivity index (χ3n) is 5.50. The van der Waals surface area contributed by atoms with E-state index in [1.54, 1.807) is 6.33 Å². The zero-order chi connectivity index (χ0) is 21.2. The normalized spacial score (nSPS) is 18.7. The van der Waals surface area contributed by atoms with Gasteiger partial charge < -0.3 is 26.1 Å². The topological polar surface area (TPSA) is 122 Å². The quantitative estimate of drug-likeness (QED) is 0.360. The Kier molecular flexibility index (Phi) is 8.65. The number of amides is 2. The molecule has 0 aromatic carbocycles. The SMILES string of the molecule is NCCCCCNC(=O)CCCCCNC(=O)C1(c2scc3[nH]cnc23)CCCO1. The molecular weight excluding hydrogens is 402 g/mol. The summed E-state index contributed by atoms with van der Waals surface area (Å²) in [4.78, 5) is 33.2. The molecule has 30 heavy (non-hydrogen) atoms. The van der Waals surface area contributed by atoms with Crippen LogP contribution >= 0.6 is 11.3 Å². The number of fused-ring (bicyclic) bond motifs is 1. The molecule has 1 unspecified atom stereocenters. The molecule has 0 saturated carbocycles. The summed E-state index contributed by atoms with van der Waals surface area (Å²) in [6.07, 6.45) is 9.32. The Morgan fingerprint density at radius 3 is 2.73 bits per heavy atom. The van der Waals surface area contributed by atoms with Crippen LogP contribution < -0.4 is 16.4 Å². The van der Waals surface area contributed by atoms with E-state index in [0.29, 0.717) is 32.5 Å². The number of nitrogens with zero attached hydrogens (tertiary/aromatic N) is 1. The lowest BCUT2D eigenvalue weighted by Gasteiger charge is -2.26. The van der Waals surface area contributed by atoms with Crippen LogP contribution in [0.2, 0.25) is 0 Å². The fourth-order valence-electron chi connectivity index (χ4n) is 3.83. The van der Waals surface area contributed by atoms with Gasteiger partial charge in [-0.25, -0.2) is 4.98 Å². The molecule has 8 nitrogen and oxygen atoms in total. The first kappa shape index (κ1) is 22.7. The molecule has 3 heterocycles. The van der Waals surface area contributed by atoms with E-state index in [0.717, 1.165) is 67.4 Å². The fraction of sp³-hybridized carbons (Fsp3) is 0.667. The number of aromatic amines is 1. The van der Waals surface area contributed by atoms with E-state index in [4.69, 9.17) is 10.5 Å². The lowest BCUT2D eigenvalue weighted by atomic mass is 9.96. The van der Waals surface area contributed by atoms with Gasteiger partial charge in [0.15, 0.2) is 5.60 Å². The maximum atomic E-state index is 13.0. The molecule has 2 aromatic heterocycles. The van der Waals surface area contributed by atoms with Gasteiger partial charge in [-0.15, -0.1) is 11.3 Å². The first-order valence-electron chi connectivity index (χ1n) is 11.0. The van der Waals surface area contributed by atoms with Crippen LogP contribution in [0.4, 0.5) is 0 Å². The number of rotatable bonds is 13. The molecule has 0 aliphatic carbocycles. The Labute approximate surface area is 181 Å². The molecular formula is C21H33N5O3S. The predicted octanol–water partition coefficient (Wildman–Crippen LogP) is 2.55. The Bertz CT molecular complexity index is 813.